The van der Waals surface area contributed by atoms with Gasteiger partial charge < -0.3 is 14.8 Å². The van der Waals surface area contributed by atoms with Gasteiger partial charge in [0.25, 0.3) is 5.91 Å². The average Bonchev–Trinajstić information content (AvgIpc) is 2.46. The van der Waals surface area contributed by atoms with Gasteiger partial charge in [-0.2, -0.15) is 0 Å². The van der Waals surface area contributed by atoms with Crippen molar-refractivity contribution in [3.63, 3.8) is 0 Å². The van der Waals surface area contributed by atoms with Crippen LogP contribution in [0.5, 0.6) is 5.75 Å². The Morgan fingerprint density at radius 2 is 1.85 bits per heavy atom. The molecule has 20 heavy (non-hydrogen) atoms. The number of benzene rings is 1. The van der Waals surface area contributed by atoms with Crippen LogP contribution in [0.15, 0.2) is 24.3 Å². The van der Waals surface area contributed by atoms with E-state index < -0.39 is 5.60 Å². The number of anilines is 1. The summed E-state index contributed by atoms with van der Waals surface area (Å²) in [5.74, 6) is 0.692. The number of hydrogen-bond acceptors (Lipinski definition) is 3. The number of hydrogen-bond donors (Lipinski definition) is 1. The number of ether oxygens (including phenoxy) is 2. The van der Waals surface area contributed by atoms with Gasteiger partial charge in [0.2, 0.25) is 0 Å². The Hall–Kier alpha value is -1.55. The van der Waals surface area contributed by atoms with Gasteiger partial charge in [0.05, 0.1) is 6.61 Å². The van der Waals surface area contributed by atoms with Crippen molar-refractivity contribution in [2.75, 3.05) is 18.5 Å². The lowest BCUT2D eigenvalue weighted by Crippen LogP contribution is -2.42. The molecule has 1 N–H and O–H groups in total. The maximum atomic E-state index is 12.2. The Balaban J connectivity index is 2.65. The van der Waals surface area contributed by atoms with Crippen LogP contribution in [0, 0.1) is 0 Å². The molecule has 0 fully saturated rings. The van der Waals surface area contributed by atoms with E-state index >= 15 is 0 Å². The lowest BCUT2D eigenvalue weighted by molar-refractivity contribution is -0.139. The highest BCUT2D eigenvalue weighted by atomic mass is 16.5. The van der Waals surface area contributed by atoms with Crippen molar-refractivity contribution in [1.29, 1.82) is 0 Å². The van der Waals surface area contributed by atoms with Crippen molar-refractivity contribution >= 4 is 11.6 Å². The third-order valence-electron chi connectivity index (χ3n) is 3.20. The van der Waals surface area contributed by atoms with E-state index in [1.54, 1.807) is 0 Å². The molecular formula is C16H25NO3. The molecule has 0 aliphatic rings. The van der Waals surface area contributed by atoms with E-state index in [4.69, 9.17) is 9.47 Å². The van der Waals surface area contributed by atoms with Crippen LogP contribution in [0.3, 0.4) is 0 Å². The summed E-state index contributed by atoms with van der Waals surface area (Å²) in [5, 5.41) is 2.88. The molecular weight excluding hydrogens is 254 g/mol. The van der Waals surface area contributed by atoms with Gasteiger partial charge in [-0.3, -0.25) is 4.79 Å². The molecule has 0 aliphatic carbocycles. The van der Waals surface area contributed by atoms with Gasteiger partial charge in [-0.25, -0.2) is 0 Å². The largest absolute Gasteiger partial charge is 0.494 e. The predicted molar refractivity (Wildman–Crippen MR) is 81.2 cm³/mol. The van der Waals surface area contributed by atoms with Crippen molar-refractivity contribution in [3.8, 4) is 5.75 Å². The summed E-state index contributed by atoms with van der Waals surface area (Å²) in [5.41, 5.74) is -0.0372. The van der Waals surface area contributed by atoms with Gasteiger partial charge in [-0.1, -0.05) is 13.8 Å². The molecule has 0 saturated heterocycles. The highest BCUT2D eigenvalue weighted by Crippen LogP contribution is 2.20. The third-order valence-corrected chi connectivity index (χ3v) is 3.20. The zero-order chi connectivity index (χ0) is 15.0. The fraction of sp³-hybridized carbons (Fsp3) is 0.562. The molecule has 0 aliphatic heterocycles. The summed E-state index contributed by atoms with van der Waals surface area (Å²) in [6, 6.07) is 7.39. The van der Waals surface area contributed by atoms with E-state index in [0.29, 0.717) is 19.6 Å². The second kappa shape index (κ2) is 7.90. The highest BCUT2D eigenvalue weighted by Gasteiger charge is 2.31. The molecule has 0 heterocycles. The van der Waals surface area contributed by atoms with E-state index in [-0.39, 0.29) is 5.91 Å². The molecule has 0 spiro atoms. The standard InChI is InChI=1S/C16H25NO3/c1-5-12-19-14-10-8-13(9-11-14)17-15(18)16(4,6-2)20-7-3/h8-11H,5-7,12H2,1-4H3,(H,17,18). The molecule has 4 heteroatoms. The summed E-state index contributed by atoms with van der Waals surface area (Å²) >= 11 is 0. The summed E-state index contributed by atoms with van der Waals surface area (Å²) < 4.78 is 11.1. The Kier molecular flexibility index (Phi) is 6.52. The van der Waals surface area contributed by atoms with Gasteiger partial charge in [0.1, 0.15) is 11.4 Å². The Bertz CT molecular complexity index is 416. The van der Waals surface area contributed by atoms with Gasteiger partial charge in [-0.15, -0.1) is 0 Å². The Labute approximate surface area is 121 Å². The molecule has 4 nitrogen and oxygen atoms in total. The van der Waals surface area contributed by atoms with Crippen LogP contribution in [0.2, 0.25) is 0 Å². The van der Waals surface area contributed by atoms with Crippen LogP contribution < -0.4 is 10.1 Å². The molecule has 1 aromatic rings. The SMILES string of the molecule is CCCOc1ccc(NC(=O)C(C)(CC)OCC)cc1. The van der Waals surface area contributed by atoms with Gasteiger partial charge in [-0.05, 0) is 51.0 Å². The van der Waals surface area contributed by atoms with E-state index in [1.807, 2.05) is 45.0 Å². The molecule has 1 aromatic carbocycles. The summed E-state index contributed by atoms with van der Waals surface area (Å²) in [7, 11) is 0. The maximum absolute atomic E-state index is 12.2. The van der Waals surface area contributed by atoms with Crippen molar-refractivity contribution in [1.82, 2.24) is 0 Å². The number of nitrogens with one attached hydrogen (secondary N) is 1. The van der Waals surface area contributed by atoms with Crippen molar-refractivity contribution < 1.29 is 14.3 Å². The first-order valence-corrected chi connectivity index (χ1v) is 7.24. The van der Waals surface area contributed by atoms with Crippen molar-refractivity contribution in [2.24, 2.45) is 0 Å². The lowest BCUT2D eigenvalue weighted by atomic mass is 10.0. The number of rotatable bonds is 8. The number of amides is 1. The van der Waals surface area contributed by atoms with E-state index in [9.17, 15) is 4.79 Å². The minimum atomic E-state index is -0.786. The van der Waals surface area contributed by atoms with Crippen LogP contribution in [-0.2, 0) is 9.53 Å². The molecule has 1 amide bonds. The average molecular weight is 279 g/mol. The van der Waals surface area contributed by atoms with Crippen LogP contribution in [0.4, 0.5) is 5.69 Å². The fourth-order valence-electron chi connectivity index (χ4n) is 1.76. The lowest BCUT2D eigenvalue weighted by Gasteiger charge is -2.26. The molecule has 0 bridgehead atoms. The zero-order valence-electron chi connectivity index (χ0n) is 12.9. The first-order chi connectivity index (χ1) is 9.55. The van der Waals surface area contributed by atoms with Crippen LogP contribution in [0.25, 0.3) is 0 Å². The van der Waals surface area contributed by atoms with Crippen molar-refractivity contribution in [3.05, 3.63) is 24.3 Å². The van der Waals surface area contributed by atoms with Gasteiger partial charge in [0.15, 0.2) is 0 Å². The highest BCUT2D eigenvalue weighted by molar-refractivity contribution is 5.97. The topological polar surface area (TPSA) is 47.6 Å². The number of carbonyl (C=O) groups is 1. The Morgan fingerprint density at radius 1 is 1.20 bits per heavy atom. The van der Waals surface area contributed by atoms with Crippen LogP contribution in [0.1, 0.15) is 40.5 Å². The molecule has 1 rings (SSSR count). The monoisotopic (exact) mass is 279 g/mol. The molecule has 112 valence electrons. The third kappa shape index (κ3) is 4.53. The summed E-state index contributed by atoms with van der Waals surface area (Å²) in [6.07, 6.45) is 1.60. The summed E-state index contributed by atoms with van der Waals surface area (Å²) in [6.45, 7) is 8.92. The van der Waals surface area contributed by atoms with Crippen LogP contribution in [-0.4, -0.2) is 24.7 Å². The molecule has 1 atom stereocenters. The fourth-order valence-corrected chi connectivity index (χ4v) is 1.76. The van der Waals surface area contributed by atoms with Crippen molar-refractivity contribution in [2.45, 2.75) is 46.1 Å². The quantitative estimate of drug-likeness (QED) is 0.790. The zero-order valence-corrected chi connectivity index (χ0v) is 12.9. The molecule has 1 unspecified atom stereocenters. The first kappa shape index (κ1) is 16.5. The molecule has 0 radical (unpaired) electrons. The minimum Gasteiger partial charge on any atom is -0.494 e. The normalized spacial score (nSPS) is 13.6. The Morgan fingerprint density at radius 3 is 2.35 bits per heavy atom. The maximum Gasteiger partial charge on any atom is 0.256 e. The first-order valence-electron chi connectivity index (χ1n) is 7.24. The molecule has 0 saturated carbocycles. The summed E-state index contributed by atoms with van der Waals surface area (Å²) in [4.78, 5) is 12.2. The van der Waals surface area contributed by atoms with Crippen LogP contribution >= 0.6 is 0 Å². The van der Waals surface area contributed by atoms with Gasteiger partial charge >= 0.3 is 0 Å². The number of carbonyl (C=O) groups excluding carboxylic acids is 1. The molecule has 0 aromatic heterocycles. The van der Waals surface area contributed by atoms with E-state index in [0.717, 1.165) is 17.9 Å². The minimum absolute atomic E-state index is 0.121. The second-order valence-corrected chi connectivity index (χ2v) is 4.84. The van der Waals surface area contributed by atoms with E-state index in [2.05, 4.69) is 12.2 Å². The van der Waals surface area contributed by atoms with E-state index in [1.165, 1.54) is 0 Å². The smallest absolute Gasteiger partial charge is 0.256 e. The predicted octanol–water partition coefficient (Wildman–Crippen LogP) is 3.62. The van der Waals surface area contributed by atoms with Gasteiger partial charge in [0, 0.05) is 12.3 Å². The second-order valence-electron chi connectivity index (χ2n) is 4.84.